The fraction of sp³-hybridized carbons (Fsp3) is 0.364. The molecule has 3 aromatic rings. The lowest BCUT2D eigenvalue weighted by molar-refractivity contribution is -0.0799. The van der Waals surface area contributed by atoms with Gasteiger partial charge in [0, 0.05) is 43.8 Å². The summed E-state index contributed by atoms with van der Waals surface area (Å²) in [7, 11) is 0. The van der Waals surface area contributed by atoms with Crippen molar-refractivity contribution in [3.05, 3.63) is 77.4 Å². The van der Waals surface area contributed by atoms with E-state index in [1.54, 1.807) is 12.4 Å². The van der Waals surface area contributed by atoms with Crippen LogP contribution in [0.5, 0.6) is 0 Å². The minimum absolute atomic E-state index is 0.0661. The second kappa shape index (κ2) is 6.59. The molecule has 2 aromatic heterocycles. The van der Waals surface area contributed by atoms with Gasteiger partial charge in [0.2, 0.25) is 0 Å². The average Bonchev–Trinajstić information content (AvgIpc) is 3.26. The van der Waals surface area contributed by atoms with Crippen molar-refractivity contribution in [1.29, 1.82) is 0 Å². The van der Waals surface area contributed by atoms with Gasteiger partial charge in [-0.25, -0.2) is 4.68 Å². The Morgan fingerprint density at radius 1 is 1.07 bits per heavy atom. The highest BCUT2D eigenvalue weighted by Gasteiger charge is 2.42. The zero-order valence-electron chi connectivity index (χ0n) is 15.6. The van der Waals surface area contributed by atoms with Gasteiger partial charge in [0.1, 0.15) is 0 Å². The number of aryl methyl sites for hydroxylation is 1. The van der Waals surface area contributed by atoms with E-state index in [9.17, 15) is 0 Å². The molecule has 0 unspecified atom stereocenters. The van der Waals surface area contributed by atoms with Gasteiger partial charge in [-0.3, -0.25) is 9.88 Å². The molecule has 1 aromatic carbocycles. The molecular formula is C22H24N4O. The number of piperidine rings is 1. The van der Waals surface area contributed by atoms with Crippen molar-refractivity contribution in [3.63, 3.8) is 0 Å². The van der Waals surface area contributed by atoms with Crippen molar-refractivity contribution in [1.82, 2.24) is 19.7 Å². The number of aromatic nitrogens is 3. The summed E-state index contributed by atoms with van der Waals surface area (Å²) in [4.78, 5) is 6.61. The Labute approximate surface area is 159 Å². The van der Waals surface area contributed by atoms with Crippen molar-refractivity contribution in [2.45, 2.75) is 38.5 Å². The lowest BCUT2D eigenvalue weighted by atomic mass is 9.84. The highest BCUT2D eigenvalue weighted by atomic mass is 16.5. The molecule has 5 rings (SSSR count). The third-order valence-electron chi connectivity index (χ3n) is 6.00. The largest absolute Gasteiger partial charge is 0.365 e. The number of fused-ring (bicyclic) bond motifs is 2. The van der Waals surface area contributed by atoms with E-state index in [2.05, 4.69) is 52.4 Å². The molecule has 2 aliphatic heterocycles. The molecule has 0 aliphatic carbocycles. The number of nitrogens with zero attached hydrogens (tertiary/aromatic N) is 4. The molecule has 0 bridgehead atoms. The first-order valence-electron chi connectivity index (χ1n) is 9.64. The second-order valence-corrected chi connectivity index (χ2v) is 7.61. The third-order valence-corrected chi connectivity index (χ3v) is 6.00. The number of ether oxygens (including phenoxy) is 1. The number of benzene rings is 1. The Balaban J connectivity index is 1.29. The third kappa shape index (κ3) is 2.97. The molecule has 5 nitrogen and oxygen atoms in total. The number of likely N-dealkylation sites (tertiary alicyclic amines) is 1. The summed E-state index contributed by atoms with van der Waals surface area (Å²) in [6.07, 6.45) is 7.87. The minimum Gasteiger partial charge on any atom is -0.365 e. The van der Waals surface area contributed by atoms with Crippen LogP contribution in [-0.4, -0.2) is 32.8 Å². The van der Waals surface area contributed by atoms with Gasteiger partial charge in [0.05, 0.1) is 23.6 Å². The molecule has 0 N–H and O–H groups in total. The Morgan fingerprint density at radius 2 is 1.85 bits per heavy atom. The van der Waals surface area contributed by atoms with Crippen molar-refractivity contribution < 1.29 is 4.74 Å². The van der Waals surface area contributed by atoms with Crippen LogP contribution in [0.2, 0.25) is 0 Å². The molecule has 1 saturated heterocycles. The SMILES string of the molecule is Cc1nn(-c2ccncc2)cc1CN1CCC2(CC1)OCc1ccccc12. The monoisotopic (exact) mass is 360 g/mol. The van der Waals surface area contributed by atoms with Crippen molar-refractivity contribution in [2.24, 2.45) is 0 Å². The van der Waals surface area contributed by atoms with Gasteiger partial charge < -0.3 is 4.74 Å². The number of rotatable bonds is 3. The van der Waals surface area contributed by atoms with E-state index in [-0.39, 0.29) is 5.60 Å². The Bertz CT molecular complexity index is 942. The van der Waals surface area contributed by atoms with Gasteiger partial charge in [-0.1, -0.05) is 24.3 Å². The zero-order valence-corrected chi connectivity index (χ0v) is 15.6. The van der Waals surface area contributed by atoms with Gasteiger partial charge in [-0.2, -0.15) is 5.10 Å². The molecule has 0 saturated carbocycles. The van der Waals surface area contributed by atoms with Crippen LogP contribution in [0.15, 0.2) is 55.0 Å². The smallest absolute Gasteiger partial charge is 0.0963 e. The van der Waals surface area contributed by atoms with Crippen LogP contribution in [0.3, 0.4) is 0 Å². The van der Waals surface area contributed by atoms with Gasteiger partial charge in [0.25, 0.3) is 0 Å². The summed E-state index contributed by atoms with van der Waals surface area (Å²) >= 11 is 0. The normalized spacial score (nSPS) is 18.7. The van der Waals surface area contributed by atoms with Gasteiger partial charge in [0.15, 0.2) is 0 Å². The van der Waals surface area contributed by atoms with Crippen LogP contribution >= 0.6 is 0 Å². The van der Waals surface area contributed by atoms with Crippen LogP contribution < -0.4 is 0 Å². The quantitative estimate of drug-likeness (QED) is 0.716. The lowest BCUT2D eigenvalue weighted by Gasteiger charge is -2.39. The Morgan fingerprint density at radius 3 is 2.67 bits per heavy atom. The van der Waals surface area contributed by atoms with E-state index in [1.165, 1.54) is 16.7 Å². The summed E-state index contributed by atoms with van der Waals surface area (Å²) in [5.41, 5.74) is 6.13. The second-order valence-electron chi connectivity index (χ2n) is 7.61. The zero-order chi connectivity index (χ0) is 18.3. The van der Waals surface area contributed by atoms with E-state index in [4.69, 9.17) is 4.74 Å². The molecule has 138 valence electrons. The summed E-state index contributed by atoms with van der Waals surface area (Å²) in [5, 5.41) is 4.68. The fourth-order valence-corrected chi connectivity index (χ4v) is 4.39. The summed E-state index contributed by atoms with van der Waals surface area (Å²) in [6, 6.07) is 12.7. The average molecular weight is 360 g/mol. The first-order valence-corrected chi connectivity index (χ1v) is 9.64. The predicted octanol–water partition coefficient (Wildman–Crippen LogP) is 3.60. The van der Waals surface area contributed by atoms with Gasteiger partial charge >= 0.3 is 0 Å². The van der Waals surface area contributed by atoms with E-state index >= 15 is 0 Å². The van der Waals surface area contributed by atoms with Gasteiger partial charge in [-0.05, 0) is 43.0 Å². The number of pyridine rings is 1. The summed E-state index contributed by atoms with van der Waals surface area (Å²) < 4.78 is 8.24. The van der Waals surface area contributed by atoms with Crippen LogP contribution in [-0.2, 0) is 23.5 Å². The minimum atomic E-state index is -0.0661. The molecule has 0 atom stereocenters. The highest BCUT2D eigenvalue weighted by Crippen LogP contribution is 2.44. The highest BCUT2D eigenvalue weighted by molar-refractivity contribution is 5.36. The van der Waals surface area contributed by atoms with Crippen LogP contribution in [0, 0.1) is 6.92 Å². The summed E-state index contributed by atoms with van der Waals surface area (Å²) in [5.74, 6) is 0. The Kier molecular flexibility index (Phi) is 4.06. The molecule has 4 heterocycles. The van der Waals surface area contributed by atoms with E-state index in [0.29, 0.717) is 0 Å². The molecule has 0 amide bonds. The standard InChI is InChI=1S/C22H24N4O/c1-17-19(15-26(24-17)20-6-10-23-11-7-20)14-25-12-8-22(9-13-25)21-5-3-2-4-18(21)16-27-22/h2-7,10-11,15H,8-9,12-14,16H2,1H3. The topological polar surface area (TPSA) is 43.2 Å². The molecule has 27 heavy (non-hydrogen) atoms. The van der Waals surface area contributed by atoms with E-state index in [0.717, 1.165) is 50.5 Å². The van der Waals surface area contributed by atoms with Crippen LogP contribution in [0.4, 0.5) is 0 Å². The molecular weight excluding hydrogens is 336 g/mol. The maximum Gasteiger partial charge on any atom is 0.0963 e. The summed E-state index contributed by atoms with van der Waals surface area (Å²) in [6.45, 7) is 5.89. The lowest BCUT2D eigenvalue weighted by Crippen LogP contribution is -2.42. The maximum absolute atomic E-state index is 6.29. The fourth-order valence-electron chi connectivity index (χ4n) is 4.39. The first-order chi connectivity index (χ1) is 13.2. The predicted molar refractivity (Wildman–Crippen MR) is 104 cm³/mol. The van der Waals surface area contributed by atoms with Crippen molar-refractivity contribution in [3.8, 4) is 5.69 Å². The van der Waals surface area contributed by atoms with Gasteiger partial charge in [-0.15, -0.1) is 0 Å². The molecule has 5 heteroatoms. The van der Waals surface area contributed by atoms with Crippen LogP contribution in [0.25, 0.3) is 5.69 Å². The van der Waals surface area contributed by atoms with Crippen molar-refractivity contribution >= 4 is 0 Å². The molecule has 1 fully saturated rings. The molecule has 1 spiro atoms. The number of hydrogen-bond acceptors (Lipinski definition) is 4. The number of hydrogen-bond donors (Lipinski definition) is 0. The molecule has 0 radical (unpaired) electrons. The van der Waals surface area contributed by atoms with Crippen molar-refractivity contribution in [2.75, 3.05) is 13.1 Å². The molecule has 2 aliphatic rings. The van der Waals surface area contributed by atoms with E-state index in [1.807, 2.05) is 16.8 Å². The van der Waals surface area contributed by atoms with E-state index < -0.39 is 0 Å². The van der Waals surface area contributed by atoms with Crippen LogP contribution in [0.1, 0.15) is 35.2 Å². The Hall–Kier alpha value is -2.50. The first kappa shape index (κ1) is 16.7. The maximum atomic E-state index is 6.29.